The fourth-order valence-electron chi connectivity index (χ4n) is 2.57. The number of hydrogen-bond acceptors (Lipinski definition) is 4. The number of benzene rings is 1. The van der Waals surface area contributed by atoms with Crippen molar-refractivity contribution in [2.45, 2.75) is 18.8 Å². The minimum absolute atomic E-state index is 0.0269. The van der Waals surface area contributed by atoms with Crippen LogP contribution in [0.3, 0.4) is 0 Å². The molecule has 2 aromatic rings. The number of aliphatic carboxylic acids is 1. The van der Waals surface area contributed by atoms with Gasteiger partial charge in [0.05, 0.1) is 28.3 Å². The summed E-state index contributed by atoms with van der Waals surface area (Å²) >= 11 is 1.57. The van der Waals surface area contributed by atoms with Crippen molar-refractivity contribution in [3.05, 3.63) is 35.4 Å². The van der Waals surface area contributed by atoms with Crippen molar-refractivity contribution in [1.29, 1.82) is 0 Å². The van der Waals surface area contributed by atoms with Gasteiger partial charge in [0.2, 0.25) is 0 Å². The molecular weight excluding hydrogens is 274 g/mol. The summed E-state index contributed by atoms with van der Waals surface area (Å²) in [7, 11) is 1.63. The zero-order valence-corrected chi connectivity index (χ0v) is 11.9. The summed E-state index contributed by atoms with van der Waals surface area (Å²) in [6.07, 6.45) is 5.33. The molecule has 0 spiro atoms. The molecule has 1 aromatic carbocycles. The van der Waals surface area contributed by atoms with Gasteiger partial charge in [-0.15, -0.1) is 11.3 Å². The topological polar surface area (TPSA) is 59.4 Å². The Bertz CT molecular complexity index is 677. The van der Waals surface area contributed by atoms with Crippen molar-refractivity contribution in [1.82, 2.24) is 4.98 Å². The molecule has 0 radical (unpaired) electrons. The van der Waals surface area contributed by atoms with E-state index in [1.807, 2.05) is 24.3 Å². The first kappa shape index (κ1) is 13.1. The summed E-state index contributed by atoms with van der Waals surface area (Å²) in [4.78, 5) is 16.0. The second-order valence-electron chi connectivity index (χ2n) is 4.88. The summed E-state index contributed by atoms with van der Waals surface area (Å²) in [5.41, 5.74) is 0.907. The lowest BCUT2D eigenvalue weighted by Gasteiger charge is -2.22. The van der Waals surface area contributed by atoms with E-state index in [1.54, 1.807) is 18.4 Å². The Balaban J connectivity index is 2.00. The van der Waals surface area contributed by atoms with E-state index in [0.717, 1.165) is 27.4 Å². The van der Waals surface area contributed by atoms with Crippen LogP contribution < -0.4 is 4.74 Å². The van der Waals surface area contributed by atoms with Gasteiger partial charge in [-0.2, -0.15) is 0 Å². The van der Waals surface area contributed by atoms with Crippen LogP contribution in [0.5, 0.6) is 5.75 Å². The molecule has 0 bridgehead atoms. The van der Waals surface area contributed by atoms with Crippen LogP contribution in [-0.2, 0) is 4.79 Å². The van der Waals surface area contributed by atoms with E-state index in [9.17, 15) is 9.90 Å². The number of allylic oxidation sites excluding steroid dienone is 2. The molecule has 3 rings (SSSR count). The number of carboxylic acids is 1. The smallest absolute Gasteiger partial charge is 0.307 e. The van der Waals surface area contributed by atoms with Gasteiger partial charge in [-0.1, -0.05) is 12.2 Å². The number of aromatic nitrogens is 1. The van der Waals surface area contributed by atoms with E-state index < -0.39 is 5.97 Å². The lowest BCUT2D eigenvalue weighted by atomic mass is 9.83. The summed E-state index contributed by atoms with van der Waals surface area (Å²) in [5, 5.41) is 10.3. The molecule has 5 heteroatoms. The average molecular weight is 289 g/mol. The molecule has 0 aliphatic heterocycles. The minimum Gasteiger partial charge on any atom is -0.497 e. The van der Waals surface area contributed by atoms with Gasteiger partial charge in [-0.3, -0.25) is 4.79 Å². The number of carbonyl (C=O) groups is 1. The predicted molar refractivity (Wildman–Crippen MR) is 78.4 cm³/mol. The third kappa shape index (κ3) is 2.29. The zero-order chi connectivity index (χ0) is 14.1. The lowest BCUT2D eigenvalue weighted by Crippen LogP contribution is -2.23. The Morgan fingerprint density at radius 1 is 1.40 bits per heavy atom. The molecule has 1 aliphatic rings. The highest BCUT2D eigenvalue weighted by atomic mass is 32.1. The fourth-order valence-corrected chi connectivity index (χ4v) is 3.74. The van der Waals surface area contributed by atoms with Crippen molar-refractivity contribution in [2.75, 3.05) is 7.11 Å². The molecule has 0 saturated heterocycles. The van der Waals surface area contributed by atoms with Crippen molar-refractivity contribution in [2.24, 2.45) is 5.92 Å². The van der Waals surface area contributed by atoms with Gasteiger partial charge in [0.15, 0.2) is 0 Å². The number of hydrogen-bond donors (Lipinski definition) is 1. The Kier molecular flexibility index (Phi) is 3.44. The Labute approximate surface area is 120 Å². The summed E-state index contributed by atoms with van der Waals surface area (Å²) in [6.45, 7) is 0. The van der Waals surface area contributed by atoms with E-state index in [1.165, 1.54) is 0 Å². The Morgan fingerprint density at radius 2 is 2.20 bits per heavy atom. The number of methoxy groups -OCH3 is 1. The van der Waals surface area contributed by atoms with Crippen LogP contribution in [-0.4, -0.2) is 23.2 Å². The number of thiazole rings is 1. The van der Waals surface area contributed by atoms with Gasteiger partial charge >= 0.3 is 5.97 Å². The van der Waals surface area contributed by atoms with E-state index in [-0.39, 0.29) is 11.8 Å². The number of ether oxygens (including phenoxy) is 1. The highest BCUT2D eigenvalue weighted by Gasteiger charge is 2.32. The molecule has 1 aromatic heterocycles. The van der Waals surface area contributed by atoms with Gasteiger partial charge in [-0.25, -0.2) is 4.98 Å². The van der Waals surface area contributed by atoms with Crippen molar-refractivity contribution in [3.8, 4) is 5.75 Å². The molecule has 2 atom stereocenters. The van der Waals surface area contributed by atoms with Crippen LogP contribution in [0.1, 0.15) is 23.8 Å². The fraction of sp³-hybridized carbons (Fsp3) is 0.333. The van der Waals surface area contributed by atoms with E-state index in [4.69, 9.17) is 4.74 Å². The van der Waals surface area contributed by atoms with E-state index in [2.05, 4.69) is 11.1 Å². The second-order valence-corrected chi connectivity index (χ2v) is 5.94. The molecule has 4 nitrogen and oxygen atoms in total. The quantitative estimate of drug-likeness (QED) is 0.879. The maximum Gasteiger partial charge on any atom is 0.307 e. The number of fused-ring (bicyclic) bond motifs is 1. The SMILES string of the molecule is COc1ccc2nc([C@@H]3CC=CC[C@@H]3C(=O)O)sc2c1. The van der Waals surface area contributed by atoms with Crippen LogP contribution in [0.15, 0.2) is 30.4 Å². The molecule has 1 aliphatic carbocycles. The molecule has 104 valence electrons. The number of carboxylic acid groups (broad SMARTS) is 1. The first-order valence-electron chi connectivity index (χ1n) is 6.51. The third-order valence-electron chi connectivity index (χ3n) is 3.68. The molecule has 0 amide bonds. The van der Waals surface area contributed by atoms with E-state index in [0.29, 0.717) is 6.42 Å². The standard InChI is InChI=1S/C15H15NO3S/c1-19-9-6-7-12-13(8-9)20-14(16-12)10-4-2-3-5-11(10)15(17)18/h2-3,6-8,10-11H,4-5H2,1H3,(H,17,18)/t10-,11+/m1/s1. The maximum atomic E-state index is 11.4. The molecule has 0 unspecified atom stereocenters. The van der Waals surface area contributed by atoms with E-state index >= 15 is 0 Å². The normalized spacial score (nSPS) is 22.1. The van der Waals surface area contributed by atoms with Gasteiger partial charge in [0.25, 0.3) is 0 Å². The van der Waals surface area contributed by atoms with Gasteiger partial charge < -0.3 is 9.84 Å². The molecule has 20 heavy (non-hydrogen) atoms. The molecule has 0 saturated carbocycles. The van der Waals surface area contributed by atoms with Gasteiger partial charge in [0.1, 0.15) is 5.75 Å². The van der Waals surface area contributed by atoms with Gasteiger partial charge in [-0.05, 0) is 31.0 Å². The Hall–Kier alpha value is -1.88. The van der Waals surface area contributed by atoms with Gasteiger partial charge in [0, 0.05) is 5.92 Å². The lowest BCUT2D eigenvalue weighted by molar-refractivity contribution is -0.142. The molecule has 1 heterocycles. The first-order chi connectivity index (χ1) is 9.69. The largest absolute Gasteiger partial charge is 0.497 e. The van der Waals surface area contributed by atoms with Crippen molar-refractivity contribution in [3.63, 3.8) is 0 Å². The highest BCUT2D eigenvalue weighted by molar-refractivity contribution is 7.18. The van der Waals surface area contributed by atoms with Crippen LogP contribution >= 0.6 is 11.3 Å². The van der Waals surface area contributed by atoms with Crippen molar-refractivity contribution < 1.29 is 14.6 Å². The first-order valence-corrected chi connectivity index (χ1v) is 7.33. The van der Waals surface area contributed by atoms with Crippen molar-refractivity contribution >= 4 is 27.5 Å². The summed E-state index contributed by atoms with van der Waals surface area (Å²) in [5.74, 6) is -0.342. The third-order valence-corrected chi connectivity index (χ3v) is 4.83. The highest BCUT2D eigenvalue weighted by Crippen LogP contribution is 2.39. The average Bonchev–Trinajstić information content (AvgIpc) is 2.89. The molecule has 0 fully saturated rings. The summed E-state index contributed by atoms with van der Waals surface area (Å²) in [6, 6.07) is 5.74. The summed E-state index contributed by atoms with van der Waals surface area (Å²) < 4.78 is 6.25. The minimum atomic E-state index is -0.740. The maximum absolute atomic E-state index is 11.4. The molecular formula is C15H15NO3S. The molecule has 1 N–H and O–H groups in total. The Morgan fingerprint density at radius 3 is 2.95 bits per heavy atom. The number of rotatable bonds is 3. The zero-order valence-electron chi connectivity index (χ0n) is 11.1. The number of nitrogens with zero attached hydrogens (tertiary/aromatic N) is 1. The van der Waals surface area contributed by atoms with Crippen LogP contribution in [0.4, 0.5) is 0 Å². The van der Waals surface area contributed by atoms with Crippen LogP contribution in [0.2, 0.25) is 0 Å². The van der Waals surface area contributed by atoms with Crippen LogP contribution in [0.25, 0.3) is 10.2 Å². The van der Waals surface area contributed by atoms with Crippen LogP contribution in [0, 0.1) is 5.92 Å². The second kappa shape index (κ2) is 5.25. The monoisotopic (exact) mass is 289 g/mol. The predicted octanol–water partition coefficient (Wildman–Crippen LogP) is 3.44.